The van der Waals surface area contributed by atoms with E-state index in [9.17, 15) is 0 Å². The molecule has 0 aliphatic carbocycles. The summed E-state index contributed by atoms with van der Waals surface area (Å²) in [5.41, 5.74) is 5.36. The van der Waals surface area contributed by atoms with E-state index in [4.69, 9.17) is 15.2 Å². The van der Waals surface area contributed by atoms with E-state index in [0.29, 0.717) is 0 Å². The molecule has 0 aromatic carbocycles. The summed E-state index contributed by atoms with van der Waals surface area (Å²) in [6, 6.07) is 0. The van der Waals surface area contributed by atoms with Gasteiger partial charge in [-0.2, -0.15) is 0 Å². The third kappa shape index (κ3) is 13.9. The molecule has 0 saturated carbocycles. The fourth-order valence-corrected chi connectivity index (χ4v) is 1.39. The maximum atomic E-state index is 5.54. The Labute approximate surface area is 101 Å². The van der Waals surface area contributed by atoms with Gasteiger partial charge in [0.05, 0.1) is 0 Å². The van der Waals surface area contributed by atoms with Crippen LogP contribution in [-0.4, -0.2) is 33.0 Å². The van der Waals surface area contributed by atoms with E-state index in [-0.39, 0.29) is 0 Å². The lowest BCUT2D eigenvalue weighted by Gasteiger charge is -2.06. The molecule has 3 heteroatoms. The highest BCUT2D eigenvalue weighted by Crippen LogP contribution is 2.03. The number of ether oxygens (including phenoxy) is 2. The summed E-state index contributed by atoms with van der Waals surface area (Å²) < 4.78 is 10.9. The van der Waals surface area contributed by atoms with Gasteiger partial charge in [0.1, 0.15) is 0 Å². The predicted molar refractivity (Wildman–Crippen MR) is 68.6 cm³/mol. The van der Waals surface area contributed by atoms with Crippen LogP contribution < -0.4 is 5.73 Å². The fraction of sp³-hybridized carbons (Fsp3) is 1.00. The Hall–Kier alpha value is -0.120. The zero-order chi connectivity index (χ0) is 12.1. The summed E-state index contributed by atoms with van der Waals surface area (Å²) in [7, 11) is 0. The largest absolute Gasteiger partial charge is 0.381 e. The molecule has 0 saturated heterocycles. The van der Waals surface area contributed by atoms with Gasteiger partial charge in [-0.1, -0.05) is 13.8 Å². The van der Waals surface area contributed by atoms with Crippen LogP contribution in [0.4, 0.5) is 0 Å². The third-order valence-electron chi connectivity index (χ3n) is 2.39. The molecule has 98 valence electrons. The molecule has 0 atom stereocenters. The Bertz CT molecular complexity index is 129. The van der Waals surface area contributed by atoms with Crippen molar-refractivity contribution >= 4 is 0 Å². The van der Waals surface area contributed by atoms with Crippen molar-refractivity contribution in [3.63, 3.8) is 0 Å². The van der Waals surface area contributed by atoms with Gasteiger partial charge >= 0.3 is 0 Å². The molecule has 0 unspecified atom stereocenters. The van der Waals surface area contributed by atoms with Gasteiger partial charge in [-0.15, -0.1) is 0 Å². The van der Waals surface area contributed by atoms with Gasteiger partial charge in [-0.3, -0.25) is 0 Å². The van der Waals surface area contributed by atoms with E-state index in [2.05, 4.69) is 13.8 Å². The van der Waals surface area contributed by atoms with Gasteiger partial charge < -0.3 is 15.2 Å². The van der Waals surface area contributed by atoms with Crippen molar-refractivity contribution in [2.45, 2.75) is 46.0 Å². The standard InChI is InChI=1S/C13H29NO2/c1-13(2)7-5-11-15-9-3-4-10-16-12-6-8-14/h13H,3-12,14H2,1-2H3. The van der Waals surface area contributed by atoms with Crippen LogP contribution in [0.5, 0.6) is 0 Å². The number of unbranched alkanes of at least 4 members (excludes halogenated alkanes) is 1. The normalized spacial score (nSPS) is 11.2. The van der Waals surface area contributed by atoms with Crippen LogP contribution >= 0.6 is 0 Å². The first-order chi connectivity index (χ1) is 7.77. The van der Waals surface area contributed by atoms with Crippen molar-refractivity contribution in [2.24, 2.45) is 11.7 Å². The van der Waals surface area contributed by atoms with Gasteiger partial charge in [0.25, 0.3) is 0 Å². The molecule has 0 heterocycles. The van der Waals surface area contributed by atoms with E-state index in [1.54, 1.807) is 0 Å². The lowest BCUT2D eigenvalue weighted by atomic mass is 10.1. The van der Waals surface area contributed by atoms with Crippen molar-refractivity contribution in [1.82, 2.24) is 0 Å². The highest BCUT2D eigenvalue weighted by Gasteiger charge is 1.94. The van der Waals surface area contributed by atoms with Crippen LogP contribution in [-0.2, 0) is 9.47 Å². The molecular weight excluding hydrogens is 202 g/mol. The molecule has 0 aromatic rings. The van der Waals surface area contributed by atoms with Crippen LogP contribution in [0.25, 0.3) is 0 Å². The van der Waals surface area contributed by atoms with Crippen LogP contribution in [0.15, 0.2) is 0 Å². The average Bonchev–Trinajstić information content (AvgIpc) is 2.25. The van der Waals surface area contributed by atoms with E-state index >= 15 is 0 Å². The minimum absolute atomic E-state index is 0.721. The van der Waals surface area contributed by atoms with Crippen molar-refractivity contribution in [1.29, 1.82) is 0 Å². The van der Waals surface area contributed by atoms with Crippen LogP contribution in [0.2, 0.25) is 0 Å². The average molecular weight is 231 g/mol. The quantitative estimate of drug-likeness (QED) is 0.525. The zero-order valence-electron chi connectivity index (χ0n) is 11.0. The molecule has 0 aliphatic heterocycles. The first-order valence-electron chi connectivity index (χ1n) is 6.63. The highest BCUT2D eigenvalue weighted by atomic mass is 16.5. The van der Waals surface area contributed by atoms with E-state index in [1.165, 1.54) is 12.8 Å². The number of hydrogen-bond acceptors (Lipinski definition) is 3. The minimum Gasteiger partial charge on any atom is -0.381 e. The molecule has 0 aliphatic rings. The van der Waals surface area contributed by atoms with E-state index in [1.807, 2.05) is 0 Å². The van der Waals surface area contributed by atoms with Crippen molar-refractivity contribution in [3.8, 4) is 0 Å². The molecule has 0 bridgehead atoms. The summed E-state index contributed by atoms with van der Waals surface area (Å²) >= 11 is 0. The molecular formula is C13H29NO2. The maximum absolute atomic E-state index is 5.54. The van der Waals surface area contributed by atoms with Crippen molar-refractivity contribution in [3.05, 3.63) is 0 Å². The molecule has 0 aromatic heterocycles. The van der Waals surface area contributed by atoms with Crippen LogP contribution in [0.1, 0.15) is 46.0 Å². The predicted octanol–water partition coefficient (Wildman–Crippen LogP) is 2.58. The van der Waals surface area contributed by atoms with E-state index in [0.717, 1.165) is 58.2 Å². The van der Waals surface area contributed by atoms with Crippen molar-refractivity contribution < 1.29 is 9.47 Å². The molecule has 0 rings (SSSR count). The molecule has 16 heavy (non-hydrogen) atoms. The van der Waals surface area contributed by atoms with E-state index < -0.39 is 0 Å². The summed E-state index contributed by atoms with van der Waals surface area (Å²) in [5, 5.41) is 0. The Morgan fingerprint density at radius 3 is 1.81 bits per heavy atom. The fourth-order valence-electron chi connectivity index (χ4n) is 1.39. The minimum atomic E-state index is 0.721. The Morgan fingerprint density at radius 1 is 0.812 bits per heavy atom. The first-order valence-corrected chi connectivity index (χ1v) is 6.63. The molecule has 2 N–H and O–H groups in total. The second-order valence-electron chi connectivity index (χ2n) is 4.61. The zero-order valence-corrected chi connectivity index (χ0v) is 11.0. The number of nitrogens with two attached hydrogens (primary N) is 1. The molecule has 0 amide bonds. The Morgan fingerprint density at radius 2 is 1.31 bits per heavy atom. The van der Waals surface area contributed by atoms with Gasteiger partial charge in [0.15, 0.2) is 0 Å². The SMILES string of the molecule is CC(C)CCCOCCCCOCCCN. The summed E-state index contributed by atoms with van der Waals surface area (Å²) in [6.45, 7) is 8.64. The number of hydrogen-bond donors (Lipinski definition) is 1. The first kappa shape index (κ1) is 15.9. The maximum Gasteiger partial charge on any atom is 0.0478 e. The van der Waals surface area contributed by atoms with Crippen LogP contribution in [0.3, 0.4) is 0 Å². The molecule has 0 fully saturated rings. The van der Waals surface area contributed by atoms with Gasteiger partial charge in [0.2, 0.25) is 0 Å². The molecule has 0 spiro atoms. The second-order valence-corrected chi connectivity index (χ2v) is 4.61. The van der Waals surface area contributed by atoms with Gasteiger partial charge in [-0.05, 0) is 44.6 Å². The van der Waals surface area contributed by atoms with Crippen LogP contribution in [0, 0.1) is 5.92 Å². The smallest absolute Gasteiger partial charge is 0.0478 e. The third-order valence-corrected chi connectivity index (χ3v) is 2.39. The van der Waals surface area contributed by atoms with Crippen molar-refractivity contribution in [2.75, 3.05) is 33.0 Å². The highest BCUT2D eigenvalue weighted by molar-refractivity contribution is 4.45. The Balaban J connectivity index is 2.88. The van der Waals surface area contributed by atoms with Gasteiger partial charge in [0, 0.05) is 26.4 Å². The lowest BCUT2D eigenvalue weighted by molar-refractivity contribution is 0.0996. The Kier molecular flexibility index (Phi) is 12.9. The molecule has 0 radical (unpaired) electrons. The summed E-state index contributed by atoms with van der Waals surface area (Å²) in [4.78, 5) is 0. The molecule has 3 nitrogen and oxygen atoms in total. The van der Waals surface area contributed by atoms with Gasteiger partial charge in [-0.25, -0.2) is 0 Å². The topological polar surface area (TPSA) is 44.5 Å². The second kappa shape index (κ2) is 12.9. The number of rotatable bonds is 12. The summed E-state index contributed by atoms with van der Waals surface area (Å²) in [5.74, 6) is 0.791. The lowest BCUT2D eigenvalue weighted by Crippen LogP contribution is -2.06. The summed E-state index contributed by atoms with van der Waals surface area (Å²) in [6.07, 6.45) is 5.61. The monoisotopic (exact) mass is 231 g/mol.